The molecule has 0 aliphatic carbocycles. The van der Waals surface area contributed by atoms with E-state index in [1.807, 2.05) is 24.3 Å². The Morgan fingerprint density at radius 1 is 0.920 bits per heavy atom. The van der Waals surface area contributed by atoms with Crippen LogP contribution in [0.2, 0.25) is 0 Å². The number of nitrogens with one attached hydrogen (secondary N) is 1. The highest BCUT2D eigenvalue weighted by molar-refractivity contribution is 5.85. The number of benzene rings is 2. The molecular formula is C19H17N3O3. The van der Waals surface area contributed by atoms with Crippen molar-refractivity contribution in [3.05, 3.63) is 48.0 Å². The van der Waals surface area contributed by atoms with Crippen LogP contribution in [-0.4, -0.2) is 26.3 Å². The van der Waals surface area contributed by atoms with Crippen LogP contribution in [0.25, 0.3) is 10.9 Å². The van der Waals surface area contributed by atoms with Crippen molar-refractivity contribution in [3.63, 3.8) is 0 Å². The number of aromatic nitrogens is 1. The van der Waals surface area contributed by atoms with E-state index < -0.39 is 0 Å². The molecule has 0 radical (unpaired) electrons. The van der Waals surface area contributed by atoms with Gasteiger partial charge in [-0.3, -0.25) is 0 Å². The molecule has 1 aromatic heterocycles. The van der Waals surface area contributed by atoms with E-state index in [0.717, 1.165) is 16.6 Å². The quantitative estimate of drug-likeness (QED) is 0.762. The minimum atomic E-state index is 0.451. The molecule has 25 heavy (non-hydrogen) atoms. The van der Waals surface area contributed by atoms with Gasteiger partial charge in [0.2, 0.25) is 0 Å². The highest BCUT2D eigenvalue weighted by Crippen LogP contribution is 2.32. The van der Waals surface area contributed by atoms with Gasteiger partial charge in [0.1, 0.15) is 17.6 Å². The Bertz CT molecular complexity index is 964. The van der Waals surface area contributed by atoms with E-state index in [4.69, 9.17) is 14.2 Å². The zero-order valence-electron chi connectivity index (χ0n) is 14.2. The zero-order chi connectivity index (χ0) is 17.8. The Labute approximate surface area is 145 Å². The van der Waals surface area contributed by atoms with Crippen LogP contribution in [0.4, 0.5) is 11.5 Å². The molecule has 0 spiro atoms. The van der Waals surface area contributed by atoms with Gasteiger partial charge in [-0.2, -0.15) is 5.26 Å². The van der Waals surface area contributed by atoms with Crippen LogP contribution in [-0.2, 0) is 0 Å². The monoisotopic (exact) mass is 335 g/mol. The summed E-state index contributed by atoms with van der Waals surface area (Å²) in [5.74, 6) is 2.40. The lowest BCUT2D eigenvalue weighted by molar-refractivity contribution is 0.355. The zero-order valence-corrected chi connectivity index (χ0v) is 14.2. The second kappa shape index (κ2) is 6.97. The van der Waals surface area contributed by atoms with Crippen LogP contribution in [0.5, 0.6) is 17.2 Å². The van der Waals surface area contributed by atoms with Crippen molar-refractivity contribution in [2.24, 2.45) is 0 Å². The van der Waals surface area contributed by atoms with Crippen molar-refractivity contribution >= 4 is 22.4 Å². The summed E-state index contributed by atoms with van der Waals surface area (Å²) in [4.78, 5) is 4.56. The minimum absolute atomic E-state index is 0.451. The molecule has 6 nitrogen and oxygen atoms in total. The van der Waals surface area contributed by atoms with Crippen molar-refractivity contribution in [2.45, 2.75) is 0 Å². The van der Waals surface area contributed by atoms with E-state index in [2.05, 4.69) is 16.4 Å². The van der Waals surface area contributed by atoms with Gasteiger partial charge >= 0.3 is 0 Å². The number of ether oxygens (including phenoxy) is 3. The molecule has 3 rings (SSSR count). The third-order valence-corrected chi connectivity index (χ3v) is 3.79. The second-order valence-corrected chi connectivity index (χ2v) is 5.25. The minimum Gasteiger partial charge on any atom is -0.497 e. The Hall–Kier alpha value is -3.46. The van der Waals surface area contributed by atoms with Crippen LogP contribution in [0.3, 0.4) is 0 Å². The van der Waals surface area contributed by atoms with E-state index in [1.165, 1.54) is 0 Å². The van der Waals surface area contributed by atoms with Gasteiger partial charge in [0.15, 0.2) is 11.5 Å². The first-order chi connectivity index (χ1) is 12.2. The third-order valence-electron chi connectivity index (χ3n) is 3.79. The van der Waals surface area contributed by atoms with Crippen molar-refractivity contribution in [1.29, 1.82) is 5.26 Å². The van der Waals surface area contributed by atoms with Gasteiger partial charge < -0.3 is 19.5 Å². The molecular weight excluding hydrogens is 318 g/mol. The molecule has 0 bridgehead atoms. The smallest absolute Gasteiger partial charge is 0.162 e. The summed E-state index contributed by atoms with van der Waals surface area (Å²) in [6, 6.07) is 14.9. The Morgan fingerprint density at radius 2 is 1.72 bits per heavy atom. The van der Waals surface area contributed by atoms with E-state index >= 15 is 0 Å². The van der Waals surface area contributed by atoms with Crippen LogP contribution in [0, 0.1) is 11.3 Å². The SMILES string of the molecule is COc1ccc2cc(C#N)c(Nc3ccc(OC)c(OC)c3)nc2c1. The molecule has 0 fully saturated rings. The number of anilines is 2. The number of hydrogen-bond donors (Lipinski definition) is 1. The van der Waals surface area contributed by atoms with Gasteiger partial charge in [-0.05, 0) is 30.3 Å². The average Bonchev–Trinajstić information content (AvgIpc) is 2.66. The Morgan fingerprint density at radius 3 is 2.40 bits per heavy atom. The van der Waals surface area contributed by atoms with Crippen LogP contribution in [0.1, 0.15) is 5.56 Å². The van der Waals surface area contributed by atoms with E-state index in [1.54, 1.807) is 39.5 Å². The second-order valence-electron chi connectivity index (χ2n) is 5.25. The van der Waals surface area contributed by atoms with Crippen LogP contribution >= 0.6 is 0 Å². The number of fused-ring (bicyclic) bond motifs is 1. The highest BCUT2D eigenvalue weighted by atomic mass is 16.5. The maximum Gasteiger partial charge on any atom is 0.162 e. The summed E-state index contributed by atoms with van der Waals surface area (Å²) in [6.45, 7) is 0. The number of nitrogens with zero attached hydrogens (tertiary/aromatic N) is 2. The standard InChI is InChI=1S/C19H17N3O3/c1-23-15-6-4-12-8-13(11-20)19(22-16(12)10-15)21-14-5-7-17(24-2)18(9-14)25-3/h4-10H,1-3H3,(H,21,22). The molecule has 0 saturated heterocycles. The topological polar surface area (TPSA) is 76.4 Å². The van der Waals surface area contributed by atoms with Crippen molar-refractivity contribution in [1.82, 2.24) is 4.98 Å². The first kappa shape index (κ1) is 16.4. The van der Waals surface area contributed by atoms with Gasteiger partial charge in [0.05, 0.1) is 32.4 Å². The molecule has 0 saturated carbocycles. The fourth-order valence-corrected chi connectivity index (χ4v) is 2.51. The van der Waals surface area contributed by atoms with Gasteiger partial charge in [0, 0.05) is 23.2 Å². The molecule has 0 amide bonds. The molecule has 3 aromatic rings. The molecule has 2 aromatic carbocycles. The number of methoxy groups -OCH3 is 3. The maximum absolute atomic E-state index is 9.44. The summed E-state index contributed by atoms with van der Waals surface area (Å²) in [5.41, 5.74) is 1.93. The molecule has 6 heteroatoms. The van der Waals surface area contributed by atoms with E-state index in [9.17, 15) is 5.26 Å². The lowest BCUT2D eigenvalue weighted by atomic mass is 10.1. The Balaban J connectivity index is 2.04. The van der Waals surface area contributed by atoms with Crippen LogP contribution < -0.4 is 19.5 Å². The van der Waals surface area contributed by atoms with Gasteiger partial charge in [0.25, 0.3) is 0 Å². The van der Waals surface area contributed by atoms with E-state index in [-0.39, 0.29) is 0 Å². The molecule has 1 N–H and O–H groups in total. The first-order valence-electron chi connectivity index (χ1n) is 7.56. The van der Waals surface area contributed by atoms with Crippen molar-refractivity contribution < 1.29 is 14.2 Å². The molecule has 0 atom stereocenters. The van der Waals surface area contributed by atoms with Gasteiger partial charge in [-0.15, -0.1) is 0 Å². The number of hydrogen-bond acceptors (Lipinski definition) is 6. The average molecular weight is 335 g/mol. The van der Waals surface area contributed by atoms with E-state index in [0.29, 0.717) is 28.6 Å². The fourth-order valence-electron chi connectivity index (χ4n) is 2.51. The third kappa shape index (κ3) is 3.26. The number of nitriles is 1. The summed E-state index contributed by atoms with van der Waals surface area (Å²) < 4.78 is 15.8. The lowest BCUT2D eigenvalue weighted by Gasteiger charge is -2.12. The summed E-state index contributed by atoms with van der Waals surface area (Å²) in [5, 5.41) is 13.5. The van der Waals surface area contributed by atoms with Gasteiger partial charge in [-0.25, -0.2) is 4.98 Å². The summed E-state index contributed by atoms with van der Waals surface area (Å²) in [7, 11) is 4.76. The highest BCUT2D eigenvalue weighted by Gasteiger charge is 2.10. The predicted molar refractivity (Wildman–Crippen MR) is 95.8 cm³/mol. The maximum atomic E-state index is 9.44. The normalized spacial score (nSPS) is 10.2. The predicted octanol–water partition coefficient (Wildman–Crippen LogP) is 3.88. The lowest BCUT2D eigenvalue weighted by Crippen LogP contribution is -1.99. The number of pyridine rings is 1. The molecule has 1 heterocycles. The first-order valence-corrected chi connectivity index (χ1v) is 7.56. The summed E-state index contributed by atoms with van der Waals surface area (Å²) >= 11 is 0. The molecule has 126 valence electrons. The largest absolute Gasteiger partial charge is 0.497 e. The summed E-state index contributed by atoms with van der Waals surface area (Å²) in [6.07, 6.45) is 0. The van der Waals surface area contributed by atoms with Crippen LogP contribution in [0.15, 0.2) is 42.5 Å². The Kier molecular flexibility index (Phi) is 4.57. The molecule has 0 unspecified atom stereocenters. The fraction of sp³-hybridized carbons (Fsp3) is 0.158. The van der Waals surface area contributed by atoms with Crippen molar-refractivity contribution in [2.75, 3.05) is 26.6 Å². The van der Waals surface area contributed by atoms with Crippen molar-refractivity contribution in [3.8, 4) is 23.3 Å². The number of rotatable bonds is 5. The molecule has 0 aliphatic rings. The molecule has 0 aliphatic heterocycles. The van der Waals surface area contributed by atoms with Gasteiger partial charge in [-0.1, -0.05) is 0 Å².